The summed E-state index contributed by atoms with van der Waals surface area (Å²) in [5.41, 5.74) is 13.0. The van der Waals surface area contributed by atoms with Gasteiger partial charge >= 0.3 is 0 Å². The molecule has 12 unspecified atom stereocenters. The van der Waals surface area contributed by atoms with E-state index in [0.29, 0.717) is 65.1 Å². The predicted molar refractivity (Wildman–Crippen MR) is 518 cm³/mol. The van der Waals surface area contributed by atoms with Crippen molar-refractivity contribution in [1.29, 1.82) is 0 Å². The number of aromatic amines is 3. The number of hydrogen-bond donors (Lipinski definition) is 7. The molecule has 8 aliphatic heterocycles. The third kappa shape index (κ3) is 13.2. The third-order valence-corrected chi connectivity index (χ3v) is 31.2. The van der Waals surface area contributed by atoms with Gasteiger partial charge in [0.2, 0.25) is 41.5 Å². The molecule has 8 aromatic heterocycles. The number of aromatic nitrogens is 16. The quantitative estimate of drug-likeness (QED) is 0.0533. The van der Waals surface area contributed by atoms with E-state index in [0.717, 1.165) is 86.2 Å². The summed E-state index contributed by atoms with van der Waals surface area (Å²) < 4.78 is 37.2. The van der Waals surface area contributed by atoms with Gasteiger partial charge in [-0.25, -0.2) is 43.7 Å². The molecule has 4 amide bonds. The van der Waals surface area contributed by atoms with Crippen LogP contribution in [0, 0.1) is 33.3 Å². The number of thiazole rings is 1. The van der Waals surface area contributed by atoms with Crippen LogP contribution in [0.5, 0.6) is 0 Å². The second-order valence-electron chi connectivity index (χ2n) is 39.3. The molecule has 10 aromatic carbocycles. The van der Waals surface area contributed by atoms with Gasteiger partial charge < -0.3 is 38.5 Å². The number of carbonyl (C=O) groups excluding carboxylic acids is 4. The Balaban J connectivity index is 0.000000102. The normalized spacial score (nSPS) is 24.5. The van der Waals surface area contributed by atoms with E-state index in [1.807, 2.05) is 154 Å². The number of amides is 4. The van der Waals surface area contributed by atoms with Crippen LogP contribution in [-0.4, -0.2) is 102 Å². The number of imidazole rings is 6. The van der Waals surface area contributed by atoms with Crippen molar-refractivity contribution in [1.82, 2.24) is 78.3 Å². The van der Waals surface area contributed by atoms with Crippen molar-refractivity contribution in [3.05, 3.63) is 400 Å². The SMILES string of the molecule is CC12CC(C)(C(=O)Nc3nc(-c4ccc(F)c5ccccc45)cs3)C(c3ccccc31)n1ccnc12.CC12CC(C)(C(=O)Nc3ncc(-c4ccc(F)c5ccccc45)[nH]3)C(c3ccccc31)n1ccnc12.CC12CC(C)(C(=O)Nc3ncc(Cc4ccccc4)[nH]3)C(c3ccccc31)n1ccnc12.CC12CC(C)(C(=O)Nc3ncc(Cc4ccccc4)[nH]3)C(c3ccccc31)n1cnnc12. The maximum Gasteiger partial charge on any atom is 0.235 e. The van der Waals surface area contributed by atoms with E-state index in [9.17, 15) is 28.0 Å². The molecule has 0 fully saturated rings. The van der Waals surface area contributed by atoms with Gasteiger partial charge in [0.1, 0.15) is 41.3 Å². The molecule has 0 saturated carbocycles. The van der Waals surface area contributed by atoms with Crippen molar-refractivity contribution in [2.45, 2.75) is 140 Å². The zero-order valence-electron chi connectivity index (χ0n) is 76.0. The van der Waals surface area contributed by atoms with Crippen LogP contribution in [0.4, 0.5) is 31.8 Å². The smallest absolute Gasteiger partial charge is 0.235 e. The molecule has 676 valence electrons. The molecule has 7 N–H and O–H groups in total. The Bertz CT molecular complexity index is 7390. The van der Waals surface area contributed by atoms with E-state index in [4.69, 9.17) is 4.98 Å². The van der Waals surface area contributed by atoms with Crippen LogP contribution in [0.1, 0.15) is 196 Å². The highest BCUT2D eigenvalue weighted by atomic mass is 32.1. The average molecular weight is 1820 g/mol. The minimum Gasteiger partial charge on any atom is -0.328 e. The topological polar surface area (TPSA) is 300 Å². The molecule has 18 aromatic rings. The summed E-state index contributed by atoms with van der Waals surface area (Å²) in [6.07, 6.45) is 22.6. The Kier molecular flexibility index (Phi) is 19.7. The first-order chi connectivity index (χ1) is 65.8. The van der Waals surface area contributed by atoms with Crippen molar-refractivity contribution in [3.8, 4) is 22.5 Å². The van der Waals surface area contributed by atoms with Crippen molar-refractivity contribution >= 4 is 79.5 Å². The Morgan fingerprint density at radius 3 is 1.15 bits per heavy atom. The van der Waals surface area contributed by atoms with Gasteiger partial charge in [0, 0.05) is 88.7 Å². The molecule has 27 heteroatoms. The van der Waals surface area contributed by atoms with E-state index in [2.05, 4.69) is 232 Å². The molecule has 12 atom stereocenters. The number of benzene rings is 10. The van der Waals surface area contributed by atoms with Crippen LogP contribution in [0.2, 0.25) is 0 Å². The monoisotopic (exact) mass is 1820 g/mol. The molecule has 30 rings (SSSR count). The third-order valence-electron chi connectivity index (χ3n) is 30.5. The second-order valence-corrected chi connectivity index (χ2v) is 40.2. The summed E-state index contributed by atoms with van der Waals surface area (Å²) in [5.74, 6) is 4.55. The van der Waals surface area contributed by atoms with Crippen LogP contribution in [0.25, 0.3) is 44.1 Å². The van der Waals surface area contributed by atoms with Gasteiger partial charge in [-0.15, -0.1) is 21.5 Å². The van der Waals surface area contributed by atoms with Gasteiger partial charge in [0.05, 0.1) is 97.5 Å². The zero-order valence-corrected chi connectivity index (χ0v) is 76.8. The number of hydrogen-bond acceptors (Lipinski definition) is 14. The standard InChI is InChI=1S/C29H24FN5O.C29H23FN4OS.C26H25N5O.C25H24N6O/c1-28-16-29(2,24(35-14-13-31-25(28)35)20-9-5-6-10-21(20)28)26(36)34-27-32-15-23(33-27)19-11-12-22(30)18-8-4-3-7-17(18)19;1-28-16-29(2,24(34-14-13-31-25(28)34)20-9-5-6-10-21(20)28)26(35)33-27-32-23(15-36-27)19-11-12-22(30)18-8-4-3-7-17(18)19;1-25-16-26(2,21(31-13-12-27-22(25)31)19-10-6-7-11-20(19)25)23(32)30-24-28-15-18(29-24)14-17-8-4-3-5-9-17;1-24-14-25(2,20(31-15-27-30-21(24)31)18-10-6-7-11-19(18)24)22(32)29-23-26-13-17(28-23)12-16-8-4-3-5-9-16/h3-15,24H,16H2,1-2H3,(H2,32,33,34,36);3-15,24H,16H2,1-2H3,(H,32,33,35);3-13,15,21H,14,16H2,1-2H3,(H2,28,29,30,32);3-11,13,15,20H,12,14H2,1-2H3,(H2,26,28,29,32). The fourth-order valence-electron chi connectivity index (χ4n) is 24.8. The summed E-state index contributed by atoms with van der Waals surface area (Å²) in [4.78, 5) is 97.1. The number of nitrogens with zero attached hydrogens (tertiary/aromatic N) is 13. The van der Waals surface area contributed by atoms with Gasteiger partial charge in [-0.2, -0.15) is 0 Å². The second kappa shape index (κ2) is 31.6. The maximum absolute atomic E-state index is 14.3. The van der Waals surface area contributed by atoms with Crippen molar-refractivity contribution in [3.63, 3.8) is 0 Å². The van der Waals surface area contributed by atoms with Crippen molar-refractivity contribution < 1.29 is 28.0 Å². The Labute approximate surface area is 786 Å². The lowest BCUT2D eigenvalue weighted by molar-refractivity contribution is -0.130. The van der Waals surface area contributed by atoms with Gasteiger partial charge in [0.25, 0.3) is 0 Å². The molecule has 24 nitrogen and oxygen atoms in total. The van der Waals surface area contributed by atoms with E-state index in [-0.39, 0.29) is 81.1 Å². The lowest BCUT2D eigenvalue weighted by Gasteiger charge is -2.54. The molecule has 4 aliphatic carbocycles. The highest BCUT2D eigenvalue weighted by Crippen LogP contribution is 2.65. The molecule has 16 heterocycles. The fourth-order valence-corrected chi connectivity index (χ4v) is 25.5. The van der Waals surface area contributed by atoms with E-state index in [1.165, 1.54) is 68.0 Å². The number of carbonyl (C=O) groups is 4. The van der Waals surface area contributed by atoms with Crippen LogP contribution < -0.4 is 21.3 Å². The highest BCUT2D eigenvalue weighted by molar-refractivity contribution is 7.14. The van der Waals surface area contributed by atoms with E-state index in [1.54, 1.807) is 49.2 Å². The first-order valence-corrected chi connectivity index (χ1v) is 46.8. The number of anilines is 4. The highest BCUT2D eigenvalue weighted by Gasteiger charge is 2.65. The molecule has 0 radical (unpaired) electrons. The van der Waals surface area contributed by atoms with E-state index >= 15 is 0 Å². The van der Waals surface area contributed by atoms with Crippen LogP contribution in [0.15, 0.2) is 298 Å². The number of rotatable bonds is 14. The number of H-pyrrole nitrogens is 3. The van der Waals surface area contributed by atoms with E-state index < -0.39 is 21.7 Å². The first kappa shape index (κ1) is 84.7. The summed E-state index contributed by atoms with van der Waals surface area (Å²) in [6, 6.07) is 74.6. The number of halogens is 2. The van der Waals surface area contributed by atoms with Gasteiger partial charge in [-0.3, -0.25) is 35.1 Å². The molecule has 0 spiro atoms. The fraction of sp³-hybridized carbons (Fsp3) is 0.239. The Morgan fingerprint density at radius 1 is 0.375 bits per heavy atom. The lowest BCUT2D eigenvalue weighted by atomic mass is 9.55. The molecule has 12 aliphatic rings. The maximum atomic E-state index is 14.3. The Hall–Kier alpha value is -15.5. The lowest BCUT2D eigenvalue weighted by Crippen LogP contribution is -2.55. The summed E-state index contributed by atoms with van der Waals surface area (Å²) in [5, 5.41) is 26.0. The average Bonchev–Trinajstić information content (AvgIpc) is 1.30. The number of fused-ring (bicyclic) bond motifs is 6. The van der Waals surface area contributed by atoms with Crippen LogP contribution in [-0.2, 0) is 53.7 Å². The number of nitrogens with one attached hydrogen (secondary N) is 7. The van der Waals surface area contributed by atoms with Gasteiger partial charge in [-0.05, 0) is 172 Å². The largest absolute Gasteiger partial charge is 0.328 e. The minimum absolute atomic E-state index is 0.0248. The molecular formula is C109H96F2N20O4S. The molecule has 136 heavy (non-hydrogen) atoms. The van der Waals surface area contributed by atoms with Gasteiger partial charge in [-0.1, -0.05) is 206 Å². The van der Waals surface area contributed by atoms with Crippen LogP contribution >= 0.6 is 11.3 Å². The molecular weight excluding hydrogens is 1720 g/mol. The van der Waals surface area contributed by atoms with Gasteiger partial charge in [0.15, 0.2) is 5.13 Å². The zero-order chi connectivity index (χ0) is 93.2. The summed E-state index contributed by atoms with van der Waals surface area (Å²) >= 11 is 1.38. The van der Waals surface area contributed by atoms with Crippen molar-refractivity contribution in [2.75, 3.05) is 21.3 Å². The molecule has 8 bridgehead atoms. The van der Waals surface area contributed by atoms with Crippen molar-refractivity contribution in [2.24, 2.45) is 21.7 Å². The predicted octanol–water partition coefficient (Wildman–Crippen LogP) is 20.7. The van der Waals surface area contributed by atoms with Crippen LogP contribution in [0.3, 0.4) is 0 Å². The summed E-state index contributed by atoms with van der Waals surface area (Å²) in [6.45, 7) is 16.9. The first-order valence-electron chi connectivity index (χ1n) is 45.9. The Morgan fingerprint density at radius 2 is 0.721 bits per heavy atom. The minimum atomic E-state index is -0.716. The summed E-state index contributed by atoms with van der Waals surface area (Å²) in [7, 11) is 0. The molecule has 0 saturated heterocycles.